The van der Waals surface area contributed by atoms with Crippen molar-refractivity contribution in [3.63, 3.8) is 0 Å². The van der Waals surface area contributed by atoms with Crippen LogP contribution in [0, 0.1) is 0 Å². The van der Waals surface area contributed by atoms with E-state index in [-0.39, 0.29) is 0 Å². The molecule has 0 aromatic heterocycles. The van der Waals surface area contributed by atoms with E-state index in [1.807, 2.05) is 0 Å². The Morgan fingerprint density at radius 1 is 1.33 bits per heavy atom. The standard InChI is InChI=1S/C11H23N/c1-4-10(2)12-9-7-5-6-8-11(12)3/h10-11H,4-9H2,1-3H3/t10?,11-/m0/s1. The minimum absolute atomic E-state index is 0.790. The maximum Gasteiger partial charge on any atom is 0.00697 e. The van der Waals surface area contributed by atoms with Crippen LogP contribution in [0.2, 0.25) is 0 Å². The van der Waals surface area contributed by atoms with Crippen LogP contribution in [0.25, 0.3) is 0 Å². The van der Waals surface area contributed by atoms with Crippen molar-refractivity contribution in [3.8, 4) is 0 Å². The maximum absolute atomic E-state index is 2.69. The quantitative estimate of drug-likeness (QED) is 0.614. The van der Waals surface area contributed by atoms with E-state index >= 15 is 0 Å². The lowest BCUT2D eigenvalue weighted by Gasteiger charge is -2.32. The Hall–Kier alpha value is -0.0400. The fraction of sp³-hybridized carbons (Fsp3) is 1.00. The molecule has 1 rings (SSSR count). The lowest BCUT2D eigenvalue weighted by molar-refractivity contribution is 0.154. The second-order valence-electron chi connectivity index (χ2n) is 4.19. The van der Waals surface area contributed by atoms with E-state index in [2.05, 4.69) is 25.7 Å². The van der Waals surface area contributed by atoms with Gasteiger partial charge < -0.3 is 0 Å². The van der Waals surface area contributed by atoms with Crippen molar-refractivity contribution in [1.82, 2.24) is 4.90 Å². The zero-order valence-electron chi connectivity index (χ0n) is 8.84. The molecule has 0 saturated carbocycles. The minimum atomic E-state index is 0.790. The van der Waals surface area contributed by atoms with Crippen molar-refractivity contribution < 1.29 is 0 Å². The molecule has 12 heavy (non-hydrogen) atoms. The lowest BCUT2D eigenvalue weighted by Crippen LogP contribution is -2.39. The zero-order valence-corrected chi connectivity index (χ0v) is 8.84. The van der Waals surface area contributed by atoms with Gasteiger partial charge in [-0.15, -0.1) is 0 Å². The molecule has 1 aliphatic rings. The molecule has 1 fully saturated rings. The third-order valence-electron chi connectivity index (χ3n) is 3.26. The average Bonchev–Trinajstić information content (AvgIpc) is 2.28. The van der Waals surface area contributed by atoms with Gasteiger partial charge in [0.25, 0.3) is 0 Å². The number of rotatable bonds is 2. The molecule has 0 aromatic rings. The van der Waals surface area contributed by atoms with Gasteiger partial charge >= 0.3 is 0 Å². The van der Waals surface area contributed by atoms with Gasteiger partial charge in [0.1, 0.15) is 0 Å². The van der Waals surface area contributed by atoms with Crippen LogP contribution in [0.4, 0.5) is 0 Å². The van der Waals surface area contributed by atoms with E-state index in [0.717, 1.165) is 12.1 Å². The Morgan fingerprint density at radius 2 is 2.08 bits per heavy atom. The van der Waals surface area contributed by atoms with Gasteiger partial charge in [-0.05, 0) is 39.7 Å². The lowest BCUT2D eigenvalue weighted by atomic mass is 10.1. The summed E-state index contributed by atoms with van der Waals surface area (Å²) in [6.07, 6.45) is 6.99. The van der Waals surface area contributed by atoms with Crippen LogP contribution in [0.3, 0.4) is 0 Å². The fourth-order valence-corrected chi connectivity index (χ4v) is 2.19. The van der Waals surface area contributed by atoms with E-state index in [1.54, 1.807) is 0 Å². The summed E-state index contributed by atoms with van der Waals surface area (Å²) in [7, 11) is 0. The molecule has 0 N–H and O–H groups in total. The molecule has 0 aliphatic carbocycles. The van der Waals surface area contributed by atoms with Crippen LogP contribution in [-0.4, -0.2) is 23.5 Å². The first-order chi connectivity index (χ1) is 5.75. The summed E-state index contributed by atoms with van der Waals surface area (Å²) in [6.45, 7) is 8.37. The SMILES string of the molecule is CCC(C)N1CCCCC[C@@H]1C. The van der Waals surface area contributed by atoms with Crippen molar-refractivity contribution in [2.24, 2.45) is 0 Å². The summed E-state index contributed by atoms with van der Waals surface area (Å²) in [6, 6.07) is 1.61. The Morgan fingerprint density at radius 3 is 2.75 bits per heavy atom. The molecule has 0 bridgehead atoms. The largest absolute Gasteiger partial charge is 0.298 e. The third kappa shape index (κ3) is 2.48. The van der Waals surface area contributed by atoms with Crippen LogP contribution in [0.15, 0.2) is 0 Å². The highest BCUT2D eigenvalue weighted by Crippen LogP contribution is 2.19. The summed E-state index contributed by atoms with van der Waals surface area (Å²) in [5.74, 6) is 0. The van der Waals surface area contributed by atoms with Crippen LogP contribution in [-0.2, 0) is 0 Å². The van der Waals surface area contributed by atoms with Crippen molar-refractivity contribution in [2.75, 3.05) is 6.54 Å². The minimum Gasteiger partial charge on any atom is -0.298 e. The average molecular weight is 169 g/mol. The molecule has 1 nitrogen and oxygen atoms in total. The predicted octanol–water partition coefficient (Wildman–Crippen LogP) is 3.05. The van der Waals surface area contributed by atoms with E-state index in [1.165, 1.54) is 38.6 Å². The molecule has 1 aliphatic heterocycles. The van der Waals surface area contributed by atoms with Gasteiger partial charge in [-0.3, -0.25) is 4.90 Å². The predicted molar refractivity (Wildman–Crippen MR) is 54.4 cm³/mol. The van der Waals surface area contributed by atoms with Crippen molar-refractivity contribution in [3.05, 3.63) is 0 Å². The Labute approximate surface area is 77.1 Å². The second kappa shape index (κ2) is 4.86. The molecule has 1 unspecified atom stereocenters. The zero-order chi connectivity index (χ0) is 8.97. The van der Waals surface area contributed by atoms with Crippen LogP contribution in [0.5, 0.6) is 0 Å². The van der Waals surface area contributed by atoms with E-state index in [0.29, 0.717) is 0 Å². The molecule has 0 spiro atoms. The molecule has 1 heterocycles. The summed E-state index contributed by atoms with van der Waals surface area (Å²) in [5.41, 5.74) is 0. The van der Waals surface area contributed by atoms with Gasteiger partial charge in [0.05, 0.1) is 0 Å². The Bertz CT molecular complexity index is 122. The summed E-state index contributed by atoms with van der Waals surface area (Å²) in [5, 5.41) is 0. The third-order valence-corrected chi connectivity index (χ3v) is 3.26. The number of nitrogens with zero attached hydrogens (tertiary/aromatic N) is 1. The Balaban J connectivity index is 2.46. The second-order valence-corrected chi connectivity index (χ2v) is 4.19. The Kier molecular flexibility index (Phi) is 4.07. The number of likely N-dealkylation sites (tertiary alicyclic amines) is 1. The van der Waals surface area contributed by atoms with Gasteiger partial charge in [0.15, 0.2) is 0 Å². The first-order valence-corrected chi connectivity index (χ1v) is 5.51. The first kappa shape index (κ1) is 10.0. The number of hydrogen-bond donors (Lipinski definition) is 0. The number of hydrogen-bond acceptors (Lipinski definition) is 1. The van der Waals surface area contributed by atoms with Crippen LogP contribution in [0.1, 0.15) is 52.9 Å². The van der Waals surface area contributed by atoms with Crippen molar-refractivity contribution in [2.45, 2.75) is 65.0 Å². The van der Waals surface area contributed by atoms with E-state index in [9.17, 15) is 0 Å². The molecule has 0 amide bonds. The van der Waals surface area contributed by atoms with Gasteiger partial charge in [-0.1, -0.05) is 19.8 Å². The van der Waals surface area contributed by atoms with Gasteiger partial charge in [0, 0.05) is 12.1 Å². The smallest absolute Gasteiger partial charge is 0.00697 e. The summed E-state index contributed by atoms with van der Waals surface area (Å²) >= 11 is 0. The molecule has 0 aromatic carbocycles. The summed E-state index contributed by atoms with van der Waals surface area (Å²) in [4.78, 5) is 2.69. The molecular weight excluding hydrogens is 146 g/mol. The van der Waals surface area contributed by atoms with E-state index < -0.39 is 0 Å². The van der Waals surface area contributed by atoms with Gasteiger partial charge in [0.2, 0.25) is 0 Å². The molecule has 2 atom stereocenters. The first-order valence-electron chi connectivity index (χ1n) is 5.51. The van der Waals surface area contributed by atoms with Crippen molar-refractivity contribution >= 4 is 0 Å². The molecular formula is C11H23N. The van der Waals surface area contributed by atoms with Crippen LogP contribution >= 0.6 is 0 Å². The molecule has 0 radical (unpaired) electrons. The normalized spacial score (nSPS) is 29.8. The summed E-state index contributed by atoms with van der Waals surface area (Å²) < 4.78 is 0. The molecule has 72 valence electrons. The highest BCUT2D eigenvalue weighted by molar-refractivity contribution is 4.75. The van der Waals surface area contributed by atoms with Gasteiger partial charge in [-0.2, -0.15) is 0 Å². The topological polar surface area (TPSA) is 3.24 Å². The molecule has 1 saturated heterocycles. The van der Waals surface area contributed by atoms with E-state index in [4.69, 9.17) is 0 Å². The molecule has 1 heteroatoms. The van der Waals surface area contributed by atoms with Gasteiger partial charge in [-0.25, -0.2) is 0 Å². The fourth-order valence-electron chi connectivity index (χ4n) is 2.19. The highest BCUT2D eigenvalue weighted by atomic mass is 15.2. The highest BCUT2D eigenvalue weighted by Gasteiger charge is 2.20. The van der Waals surface area contributed by atoms with Crippen molar-refractivity contribution in [1.29, 1.82) is 0 Å². The van der Waals surface area contributed by atoms with Crippen LogP contribution < -0.4 is 0 Å². The monoisotopic (exact) mass is 169 g/mol. The maximum atomic E-state index is 2.69.